The largest absolute Gasteiger partial charge is 0.462 e. The standard InChI is InChI=1S/C26H40O7S/c1-5-6-24(28)33-23-10-9-21-20-8-7-18-15-19(32-17(2)27)11-14-26(18,16-31-34(4,29)30)22(20)12-13-25(21,23)3/h7,19-23H,5-6,8-16H2,1-4H3/t19-,20-,21-,22-,23-,25-,26+/m0/s1. The monoisotopic (exact) mass is 496 g/mol. The molecule has 4 aliphatic rings. The summed E-state index contributed by atoms with van der Waals surface area (Å²) in [6.45, 7) is 5.88. The maximum absolute atomic E-state index is 12.3. The van der Waals surface area contributed by atoms with E-state index in [9.17, 15) is 18.0 Å². The van der Waals surface area contributed by atoms with Crippen molar-refractivity contribution in [3.8, 4) is 0 Å². The number of carbonyl (C=O) groups excluding carboxylic acids is 2. The van der Waals surface area contributed by atoms with Crippen LogP contribution in [-0.4, -0.2) is 45.4 Å². The average molecular weight is 497 g/mol. The summed E-state index contributed by atoms with van der Waals surface area (Å²) in [5, 5.41) is 0. The van der Waals surface area contributed by atoms with Gasteiger partial charge < -0.3 is 9.47 Å². The van der Waals surface area contributed by atoms with Crippen LogP contribution in [0.25, 0.3) is 0 Å². The van der Waals surface area contributed by atoms with Gasteiger partial charge in [-0.15, -0.1) is 0 Å². The first-order chi connectivity index (χ1) is 16.0. The van der Waals surface area contributed by atoms with Gasteiger partial charge in [0.2, 0.25) is 0 Å². The number of hydrogen-bond acceptors (Lipinski definition) is 7. The third-order valence-corrected chi connectivity index (χ3v) is 9.83. The van der Waals surface area contributed by atoms with E-state index in [-0.39, 0.29) is 41.6 Å². The smallest absolute Gasteiger partial charge is 0.306 e. The molecule has 0 heterocycles. The molecule has 7 nitrogen and oxygen atoms in total. The van der Waals surface area contributed by atoms with Crippen LogP contribution in [0.1, 0.15) is 85.0 Å². The molecule has 0 aromatic carbocycles. The van der Waals surface area contributed by atoms with Gasteiger partial charge >= 0.3 is 11.9 Å². The first-order valence-electron chi connectivity index (χ1n) is 12.9. The van der Waals surface area contributed by atoms with E-state index in [0.717, 1.165) is 51.2 Å². The zero-order valence-corrected chi connectivity index (χ0v) is 21.8. The molecule has 0 N–H and O–H groups in total. The first kappa shape index (κ1) is 25.7. The molecule has 4 aliphatic carbocycles. The summed E-state index contributed by atoms with van der Waals surface area (Å²) in [6, 6.07) is 0. The fraction of sp³-hybridized carbons (Fsp3) is 0.846. The highest BCUT2D eigenvalue weighted by Gasteiger charge is 2.61. The van der Waals surface area contributed by atoms with Crippen LogP contribution < -0.4 is 0 Å². The van der Waals surface area contributed by atoms with Crippen LogP contribution in [0.15, 0.2) is 11.6 Å². The van der Waals surface area contributed by atoms with Gasteiger partial charge in [0.15, 0.2) is 0 Å². The summed E-state index contributed by atoms with van der Waals surface area (Å²) < 4.78 is 41.0. The maximum Gasteiger partial charge on any atom is 0.306 e. The number of ether oxygens (including phenoxy) is 2. The molecular weight excluding hydrogens is 456 g/mol. The van der Waals surface area contributed by atoms with Crippen molar-refractivity contribution in [1.29, 1.82) is 0 Å². The van der Waals surface area contributed by atoms with Crippen LogP contribution in [-0.2, 0) is 33.4 Å². The van der Waals surface area contributed by atoms with Gasteiger partial charge in [-0.25, -0.2) is 0 Å². The topological polar surface area (TPSA) is 96.0 Å². The van der Waals surface area contributed by atoms with Gasteiger partial charge in [0.1, 0.15) is 12.2 Å². The lowest BCUT2D eigenvalue weighted by atomic mass is 9.47. The van der Waals surface area contributed by atoms with Crippen molar-refractivity contribution in [1.82, 2.24) is 0 Å². The molecule has 0 amide bonds. The summed E-state index contributed by atoms with van der Waals surface area (Å²) in [7, 11) is -3.58. The van der Waals surface area contributed by atoms with Crippen molar-refractivity contribution in [2.24, 2.45) is 28.6 Å². The van der Waals surface area contributed by atoms with Crippen molar-refractivity contribution < 1.29 is 31.7 Å². The second-order valence-corrected chi connectivity index (χ2v) is 12.9. The third-order valence-electron chi connectivity index (χ3n) is 9.29. The molecule has 0 bridgehead atoms. The summed E-state index contributed by atoms with van der Waals surface area (Å²) in [5.74, 6) is 0.789. The Morgan fingerprint density at radius 2 is 1.85 bits per heavy atom. The summed E-state index contributed by atoms with van der Waals surface area (Å²) >= 11 is 0. The molecule has 8 heteroatoms. The number of carbonyl (C=O) groups is 2. The van der Waals surface area contributed by atoms with Gasteiger partial charge in [0.05, 0.1) is 12.9 Å². The molecular formula is C26H40O7S. The molecule has 0 aliphatic heterocycles. The van der Waals surface area contributed by atoms with Crippen LogP contribution in [0.3, 0.4) is 0 Å². The molecule has 4 rings (SSSR count). The Labute approximate surface area is 204 Å². The minimum absolute atomic E-state index is 0.0363. The van der Waals surface area contributed by atoms with Crippen molar-refractivity contribution in [2.45, 2.75) is 97.2 Å². The molecule has 3 fully saturated rings. The molecule has 0 unspecified atom stereocenters. The molecule has 192 valence electrons. The Balaban J connectivity index is 1.60. The maximum atomic E-state index is 12.3. The second-order valence-electron chi connectivity index (χ2n) is 11.3. The van der Waals surface area contributed by atoms with Gasteiger partial charge in [-0.05, 0) is 69.1 Å². The minimum atomic E-state index is -3.58. The van der Waals surface area contributed by atoms with Gasteiger partial charge in [-0.3, -0.25) is 13.8 Å². The number of rotatable bonds is 7. The van der Waals surface area contributed by atoms with Crippen LogP contribution >= 0.6 is 0 Å². The fourth-order valence-corrected chi connectivity index (χ4v) is 8.23. The Morgan fingerprint density at radius 1 is 1.09 bits per heavy atom. The number of hydrogen-bond donors (Lipinski definition) is 0. The highest BCUT2D eigenvalue weighted by Crippen LogP contribution is 2.65. The SMILES string of the molecule is CCCC(=O)O[C@H]1CC[C@H]2[C@@H]3CC=C4C[C@@H](OC(C)=O)CC[C@]4(COS(C)(=O)=O)[C@H]3CC[C@]12C. The summed E-state index contributed by atoms with van der Waals surface area (Å²) in [6.07, 6.45) is 11.4. The van der Waals surface area contributed by atoms with Crippen LogP contribution in [0.2, 0.25) is 0 Å². The quantitative estimate of drug-likeness (QED) is 0.290. The van der Waals surface area contributed by atoms with E-state index >= 15 is 0 Å². The Morgan fingerprint density at radius 3 is 2.53 bits per heavy atom. The second kappa shape index (κ2) is 9.57. The lowest BCUT2D eigenvalue weighted by Gasteiger charge is -2.58. The average Bonchev–Trinajstić information content (AvgIpc) is 3.07. The van der Waals surface area contributed by atoms with E-state index in [2.05, 4.69) is 13.0 Å². The van der Waals surface area contributed by atoms with Crippen molar-refractivity contribution in [3.05, 3.63) is 11.6 Å². The highest BCUT2D eigenvalue weighted by molar-refractivity contribution is 7.85. The zero-order valence-electron chi connectivity index (χ0n) is 21.0. The van der Waals surface area contributed by atoms with Gasteiger partial charge in [-0.2, -0.15) is 8.42 Å². The van der Waals surface area contributed by atoms with E-state index < -0.39 is 10.1 Å². The van der Waals surface area contributed by atoms with Crippen LogP contribution in [0.5, 0.6) is 0 Å². The molecule has 0 aromatic rings. The highest BCUT2D eigenvalue weighted by atomic mass is 32.2. The molecule has 0 aromatic heterocycles. The van der Waals surface area contributed by atoms with Crippen molar-refractivity contribution in [2.75, 3.05) is 12.9 Å². The lowest BCUT2D eigenvalue weighted by Crippen LogP contribution is -2.54. The molecule has 0 radical (unpaired) electrons. The molecule has 34 heavy (non-hydrogen) atoms. The van der Waals surface area contributed by atoms with E-state index in [4.69, 9.17) is 13.7 Å². The molecule has 0 spiro atoms. The predicted molar refractivity (Wildman–Crippen MR) is 127 cm³/mol. The summed E-state index contributed by atoms with van der Waals surface area (Å²) in [5.41, 5.74) is 0.812. The third kappa shape index (κ3) is 4.81. The Kier molecular flexibility index (Phi) is 7.22. The number of allylic oxidation sites excluding steroid dienone is 1. The minimum Gasteiger partial charge on any atom is -0.462 e. The first-order valence-corrected chi connectivity index (χ1v) is 14.7. The van der Waals surface area contributed by atoms with E-state index in [1.54, 1.807) is 0 Å². The zero-order chi connectivity index (χ0) is 24.7. The molecule has 3 saturated carbocycles. The Bertz CT molecular complexity index is 941. The molecule has 0 saturated heterocycles. The van der Waals surface area contributed by atoms with Crippen molar-refractivity contribution >= 4 is 22.1 Å². The lowest BCUT2D eigenvalue weighted by molar-refractivity contribution is -0.160. The number of fused-ring (bicyclic) bond motifs is 5. The predicted octanol–water partition coefficient (Wildman–Crippen LogP) is 4.55. The van der Waals surface area contributed by atoms with Crippen LogP contribution in [0.4, 0.5) is 0 Å². The Hall–Kier alpha value is -1.41. The summed E-state index contributed by atoms with van der Waals surface area (Å²) in [4.78, 5) is 23.8. The van der Waals surface area contributed by atoms with Gasteiger partial charge in [0, 0.05) is 30.6 Å². The van der Waals surface area contributed by atoms with Crippen molar-refractivity contribution in [3.63, 3.8) is 0 Å². The normalized spacial score (nSPS) is 39.3. The fourth-order valence-electron chi connectivity index (χ4n) is 7.81. The molecule has 7 atom stereocenters. The number of esters is 2. The van der Waals surface area contributed by atoms with Gasteiger partial charge in [0.25, 0.3) is 10.1 Å². The van der Waals surface area contributed by atoms with Gasteiger partial charge in [-0.1, -0.05) is 25.5 Å². The van der Waals surface area contributed by atoms with E-state index in [1.807, 2.05) is 6.92 Å². The van der Waals surface area contributed by atoms with Crippen LogP contribution in [0, 0.1) is 28.6 Å². The van der Waals surface area contributed by atoms with E-state index in [1.165, 1.54) is 12.5 Å². The van der Waals surface area contributed by atoms with E-state index in [0.29, 0.717) is 37.0 Å².